The number of hydrogen-bond acceptors (Lipinski definition) is 11. The highest BCUT2D eigenvalue weighted by atomic mass is 35.5. The van der Waals surface area contributed by atoms with E-state index in [9.17, 15) is 14.4 Å². The third kappa shape index (κ3) is 7.34. The van der Waals surface area contributed by atoms with E-state index in [-0.39, 0.29) is 24.3 Å². The van der Waals surface area contributed by atoms with Crippen LogP contribution in [0, 0.1) is 0 Å². The molecule has 0 unspecified atom stereocenters. The Morgan fingerprint density at radius 2 is 1.67 bits per heavy atom. The quantitative estimate of drug-likeness (QED) is 0.249. The highest BCUT2D eigenvalue weighted by Crippen LogP contribution is 2.38. The third-order valence-electron chi connectivity index (χ3n) is 6.59. The number of allylic oxidation sites excluding steroid dienone is 1. The van der Waals surface area contributed by atoms with E-state index in [4.69, 9.17) is 35.3 Å². The van der Waals surface area contributed by atoms with Crippen LogP contribution in [-0.2, 0) is 19.1 Å². The van der Waals surface area contributed by atoms with Crippen LogP contribution in [0.25, 0.3) is 6.08 Å². The van der Waals surface area contributed by atoms with Crippen LogP contribution >= 0.6 is 22.9 Å². The normalized spacial score (nSPS) is 14.4. The Morgan fingerprint density at radius 3 is 2.33 bits per heavy atom. The first kappa shape index (κ1) is 33.6. The lowest BCUT2D eigenvalue weighted by molar-refractivity contribution is -0.143. The van der Waals surface area contributed by atoms with Crippen molar-refractivity contribution in [2.75, 3.05) is 40.1 Å². The lowest BCUT2D eigenvalue weighted by Gasteiger charge is -2.25. The molecule has 240 valence electrons. The van der Waals surface area contributed by atoms with Gasteiger partial charge in [0.2, 0.25) is 0 Å². The molecule has 11 nitrogen and oxygen atoms in total. The van der Waals surface area contributed by atoms with E-state index in [0.717, 1.165) is 0 Å². The summed E-state index contributed by atoms with van der Waals surface area (Å²) < 4.78 is 34.8. The van der Waals surface area contributed by atoms with Gasteiger partial charge in [0.05, 0.1) is 60.4 Å². The number of ether oxygens (including phenoxy) is 6. The van der Waals surface area contributed by atoms with Crippen LogP contribution in [0.1, 0.15) is 51.8 Å². The van der Waals surface area contributed by atoms with Crippen molar-refractivity contribution in [2.45, 2.75) is 40.7 Å². The zero-order chi connectivity index (χ0) is 32.7. The first-order valence-electron chi connectivity index (χ1n) is 14.4. The maximum Gasteiger partial charge on any atom is 0.343 e. The van der Waals surface area contributed by atoms with Crippen LogP contribution in [-0.4, -0.2) is 56.6 Å². The van der Waals surface area contributed by atoms with Gasteiger partial charge in [-0.15, -0.1) is 0 Å². The number of benzene rings is 2. The van der Waals surface area contributed by atoms with Crippen LogP contribution in [0.3, 0.4) is 0 Å². The Labute approximate surface area is 269 Å². The number of aromatic nitrogens is 1. The van der Waals surface area contributed by atoms with E-state index in [0.29, 0.717) is 74.0 Å². The molecule has 13 heteroatoms. The number of carbonyl (C=O) groups is 2. The van der Waals surface area contributed by atoms with Gasteiger partial charge in [-0.25, -0.2) is 14.6 Å². The minimum atomic E-state index is -0.890. The number of methoxy groups -OCH3 is 1. The highest BCUT2D eigenvalue weighted by molar-refractivity contribution is 7.07. The van der Waals surface area contributed by atoms with E-state index in [1.807, 2.05) is 13.8 Å². The number of rotatable bonds is 13. The topological polar surface area (TPSA) is 124 Å². The fraction of sp³-hybridized carbons (Fsp3) is 0.375. The Hall–Kier alpha value is -4.29. The second-order valence-corrected chi connectivity index (χ2v) is 10.9. The van der Waals surface area contributed by atoms with Gasteiger partial charge in [0.15, 0.2) is 34.4 Å². The second-order valence-electron chi connectivity index (χ2n) is 9.50. The van der Waals surface area contributed by atoms with Gasteiger partial charge < -0.3 is 28.4 Å². The van der Waals surface area contributed by atoms with Crippen LogP contribution in [0.15, 0.2) is 51.4 Å². The molecule has 4 rings (SSSR count). The van der Waals surface area contributed by atoms with Crippen molar-refractivity contribution < 1.29 is 38.0 Å². The molecule has 0 N–H and O–H groups in total. The number of esters is 2. The van der Waals surface area contributed by atoms with Crippen molar-refractivity contribution in [2.24, 2.45) is 4.99 Å². The van der Waals surface area contributed by atoms with Crippen LogP contribution < -0.4 is 33.8 Å². The summed E-state index contributed by atoms with van der Waals surface area (Å²) in [6.07, 6.45) is 1.70. The number of nitrogens with zero attached hydrogens (tertiary/aromatic N) is 2. The van der Waals surface area contributed by atoms with Crippen molar-refractivity contribution >= 4 is 41.0 Å². The predicted molar refractivity (Wildman–Crippen MR) is 169 cm³/mol. The van der Waals surface area contributed by atoms with E-state index in [1.165, 1.54) is 23.0 Å². The third-order valence-corrected chi connectivity index (χ3v) is 7.86. The molecule has 0 spiro atoms. The molecular formula is C32H35ClN2O9S. The first-order chi connectivity index (χ1) is 21.7. The fourth-order valence-corrected chi connectivity index (χ4v) is 6.08. The Bertz CT molecular complexity index is 1790. The van der Waals surface area contributed by atoms with Gasteiger partial charge >= 0.3 is 11.9 Å². The summed E-state index contributed by atoms with van der Waals surface area (Å²) >= 11 is 7.71. The zero-order valence-electron chi connectivity index (χ0n) is 25.9. The van der Waals surface area contributed by atoms with E-state index < -0.39 is 18.0 Å². The first-order valence-corrected chi connectivity index (χ1v) is 15.6. The van der Waals surface area contributed by atoms with Crippen molar-refractivity contribution in [3.8, 4) is 23.0 Å². The monoisotopic (exact) mass is 658 g/mol. The Morgan fingerprint density at radius 1 is 0.956 bits per heavy atom. The van der Waals surface area contributed by atoms with Crippen LogP contribution in [0.4, 0.5) is 0 Å². The average molecular weight is 659 g/mol. The number of thiazole rings is 1. The summed E-state index contributed by atoms with van der Waals surface area (Å²) in [6, 6.07) is 7.56. The fourth-order valence-electron chi connectivity index (χ4n) is 4.75. The largest absolute Gasteiger partial charge is 0.490 e. The van der Waals surface area contributed by atoms with Gasteiger partial charge in [0.25, 0.3) is 5.56 Å². The molecule has 0 aliphatic carbocycles. The van der Waals surface area contributed by atoms with Crippen molar-refractivity contribution in [3.05, 3.63) is 77.4 Å². The molecule has 0 amide bonds. The Balaban J connectivity index is 1.90. The summed E-state index contributed by atoms with van der Waals surface area (Å²) in [6.45, 7) is 9.84. The summed E-state index contributed by atoms with van der Waals surface area (Å²) in [5.74, 6) is 0.363. The van der Waals surface area contributed by atoms with Gasteiger partial charge in [0.1, 0.15) is 0 Å². The summed E-state index contributed by atoms with van der Waals surface area (Å²) in [5, 5.41) is 0.345. The molecule has 2 heterocycles. The second kappa shape index (κ2) is 15.1. The van der Waals surface area contributed by atoms with Gasteiger partial charge in [0, 0.05) is 0 Å². The highest BCUT2D eigenvalue weighted by Gasteiger charge is 2.34. The zero-order valence-corrected chi connectivity index (χ0v) is 27.5. The van der Waals surface area contributed by atoms with Crippen molar-refractivity contribution in [3.63, 3.8) is 0 Å². The lowest BCUT2D eigenvalue weighted by Crippen LogP contribution is -2.40. The maximum absolute atomic E-state index is 14.1. The molecule has 3 aromatic rings. The smallest absolute Gasteiger partial charge is 0.343 e. The molecule has 0 fully saturated rings. The summed E-state index contributed by atoms with van der Waals surface area (Å²) in [5.41, 5.74) is 1.43. The number of halogens is 1. The van der Waals surface area contributed by atoms with Gasteiger partial charge in [-0.3, -0.25) is 9.36 Å². The molecule has 0 saturated heterocycles. The van der Waals surface area contributed by atoms with Gasteiger partial charge in [-0.05, 0) is 76.1 Å². The molecule has 0 saturated carbocycles. The minimum Gasteiger partial charge on any atom is -0.490 e. The molecule has 0 bridgehead atoms. The van der Waals surface area contributed by atoms with E-state index in [1.54, 1.807) is 57.2 Å². The average Bonchev–Trinajstić information content (AvgIpc) is 3.31. The number of carbonyl (C=O) groups excluding carboxylic acids is 2. The molecule has 1 aromatic heterocycles. The predicted octanol–water partition coefficient (Wildman–Crippen LogP) is 4.20. The maximum atomic E-state index is 14.1. The van der Waals surface area contributed by atoms with Crippen molar-refractivity contribution in [1.29, 1.82) is 0 Å². The van der Waals surface area contributed by atoms with E-state index in [2.05, 4.69) is 9.73 Å². The molecule has 2 aromatic carbocycles. The van der Waals surface area contributed by atoms with Gasteiger partial charge in [-0.2, -0.15) is 0 Å². The molecule has 45 heavy (non-hydrogen) atoms. The van der Waals surface area contributed by atoms with Crippen molar-refractivity contribution in [1.82, 2.24) is 4.57 Å². The molecule has 1 aliphatic heterocycles. The molecule has 1 atom stereocenters. The number of hydrogen-bond donors (Lipinski definition) is 0. The lowest BCUT2D eigenvalue weighted by atomic mass is 9.95. The van der Waals surface area contributed by atoms with Gasteiger partial charge in [-0.1, -0.05) is 29.0 Å². The van der Waals surface area contributed by atoms with Crippen LogP contribution in [0.5, 0.6) is 23.0 Å². The minimum absolute atomic E-state index is 0.137. The molecule has 0 radical (unpaired) electrons. The number of fused-ring (bicyclic) bond motifs is 1. The Kier molecular flexibility index (Phi) is 11.3. The van der Waals surface area contributed by atoms with Crippen LogP contribution in [0.2, 0.25) is 5.02 Å². The molecule has 1 aliphatic rings. The standard InChI is InChI=1S/C32H35ClN2O9S/c1-7-40-23-16-20(11-12-22(23)44-17-26(36)39-6)28-27(31(38)43-10-4)18(5)34-32-35(28)30(37)25(45-32)15-19-13-21(33)29(42-9-3)24(14-19)41-8-2/h11-16,28H,7-10,17H2,1-6H3/b25-15-/t28-/m0/s1. The summed E-state index contributed by atoms with van der Waals surface area (Å²) in [7, 11) is 1.27. The SMILES string of the molecule is CCOC(=O)C1=C(C)N=c2s/c(=C\c3cc(Cl)c(OCC)c(OCC)c3)c(=O)n2[C@H]1c1ccc(OCC(=O)OC)c(OCC)c1. The molecular weight excluding hydrogens is 624 g/mol. The van der Waals surface area contributed by atoms with E-state index >= 15 is 0 Å². The summed E-state index contributed by atoms with van der Waals surface area (Å²) in [4.78, 5) is 44.1.